The Morgan fingerprint density at radius 2 is 2.24 bits per heavy atom. The largest absolute Gasteiger partial charge is 0.486 e. The number of nitrogens with zero attached hydrogens (tertiary/aromatic N) is 2. The average Bonchev–Trinajstić information content (AvgIpc) is 2.92. The summed E-state index contributed by atoms with van der Waals surface area (Å²) < 4.78 is 5.58. The molecule has 0 amide bonds. The van der Waals surface area contributed by atoms with Gasteiger partial charge in [-0.2, -0.15) is 0 Å². The SMILES string of the molecule is CCc1nc(COc2ccc([N+](=O)[O-])cc2C(C)=O)cs1. The van der Waals surface area contributed by atoms with Crippen LogP contribution in [0.25, 0.3) is 0 Å². The first-order valence-corrected chi connectivity index (χ1v) is 7.24. The molecule has 0 aliphatic rings. The zero-order chi connectivity index (χ0) is 15.4. The summed E-state index contributed by atoms with van der Waals surface area (Å²) in [5.74, 6) is 0.0559. The van der Waals surface area contributed by atoms with Crippen molar-refractivity contribution >= 4 is 22.8 Å². The van der Waals surface area contributed by atoms with E-state index in [4.69, 9.17) is 4.74 Å². The number of nitro groups is 1. The molecular weight excluding hydrogens is 292 g/mol. The van der Waals surface area contributed by atoms with Gasteiger partial charge in [-0.15, -0.1) is 11.3 Å². The summed E-state index contributed by atoms with van der Waals surface area (Å²) in [5.41, 5.74) is 0.856. The van der Waals surface area contributed by atoms with Crippen molar-refractivity contribution in [3.63, 3.8) is 0 Å². The molecule has 0 saturated carbocycles. The molecule has 0 aliphatic heterocycles. The van der Waals surface area contributed by atoms with Gasteiger partial charge >= 0.3 is 0 Å². The average molecular weight is 306 g/mol. The summed E-state index contributed by atoms with van der Waals surface area (Å²) >= 11 is 1.55. The van der Waals surface area contributed by atoms with E-state index in [0.717, 1.165) is 17.1 Å². The van der Waals surface area contributed by atoms with Crippen LogP contribution < -0.4 is 4.74 Å². The minimum Gasteiger partial charge on any atom is -0.486 e. The number of Topliss-reactive ketones (excluding diaryl/α,β-unsaturated/α-hetero) is 1. The molecule has 1 heterocycles. The molecule has 110 valence electrons. The molecule has 0 atom stereocenters. The molecule has 6 nitrogen and oxygen atoms in total. The number of ketones is 1. The number of non-ortho nitro benzene ring substituents is 1. The minimum atomic E-state index is -0.538. The zero-order valence-corrected chi connectivity index (χ0v) is 12.5. The number of hydrogen-bond donors (Lipinski definition) is 0. The molecule has 0 spiro atoms. The molecule has 2 rings (SSSR count). The Kier molecular flexibility index (Phi) is 4.64. The Balaban J connectivity index is 2.19. The topological polar surface area (TPSA) is 82.3 Å². The van der Waals surface area contributed by atoms with Crippen molar-refractivity contribution in [2.75, 3.05) is 0 Å². The van der Waals surface area contributed by atoms with E-state index in [1.54, 1.807) is 11.3 Å². The summed E-state index contributed by atoms with van der Waals surface area (Å²) in [6.07, 6.45) is 0.862. The lowest BCUT2D eigenvalue weighted by molar-refractivity contribution is -0.384. The van der Waals surface area contributed by atoms with Crippen molar-refractivity contribution in [3.8, 4) is 5.75 Å². The van der Waals surface area contributed by atoms with Crippen LogP contribution in [0.3, 0.4) is 0 Å². The van der Waals surface area contributed by atoms with E-state index in [0.29, 0.717) is 5.75 Å². The number of rotatable bonds is 6. The van der Waals surface area contributed by atoms with E-state index in [1.807, 2.05) is 12.3 Å². The van der Waals surface area contributed by atoms with E-state index in [9.17, 15) is 14.9 Å². The standard InChI is InChI=1S/C14H14N2O4S/c1-3-14-15-10(8-21-14)7-20-13-5-4-11(16(18)19)6-12(13)9(2)17/h4-6,8H,3,7H2,1-2H3. The summed E-state index contributed by atoms with van der Waals surface area (Å²) in [7, 11) is 0. The van der Waals surface area contributed by atoms with Crippen LogP contribution in [-0.4, -0.2) is 15.7 Å². The van der Waals surface area contributed by atoms with Gasteiger partial charge in [0.1, 0.15) is 12.4 Å². The first-order chi connectivity index (χ1) is 10.0. The van der Waals surface area contributed by atoms with Gasteiger partial charge in [0.25, 0.3) is 5.69 Å². The van der Waals surface area contributed by atoms with Crippen LogP contribution >= 0.6 is 11.3 Å². The van der Waals surface area contributed by atoms with E-state index in [1.165, 1.54) is 25.1 Å². The second-order valence-electron chi connectivity index (χ2n) is 4.37. The van der Waals surface area contributed by atoms with Crippen LogP contribution in [0.4, 0.5) is 5.69 Å². The molecule has 7 heteroatoms. The van der Waals surface area contributed by atoms with Gasteiger partial charge in [-0.1, -0.05) is 6.92 Å². The molecule has 1 aromatic carbocycles. The minimum absolute atomic E-state index is 0.130. The van der Waals surface area contributed by atoms with Crippen LogP contribution in [0, 0.1) is 10.1 Å². The van der Waals surface area contributed by atoms with Crippen molar-refractivity contribution in [3.05, 3.63) is 50.0 Å². The maximum atomic E-state index is 11.6. The molecule has 0 aliphatic carbocycles. The molecule has 0 radical (unpaired) electrons. The normalized spacial score (nSPS) is 10.4. The Labute approximate surface area is 125 Å². The lowest BCUT2D eigenvalue weighted by atomic mass is 10.1. The van der Waals surface area contributed by atoms with Crippen LogP contribution in [-0.2, 0) is 13.0 Å². The third-order valence-corrected chi connectivity index (χ3v) is 3.87. The second kappa shape index (κ2) is 6.45. The molecule has 0 N–H and O–H groups in total. The highest BCUT2D eigenvalue weighted by Crippen LogP contribution is 2.25. The summed E-state index contributed by atoms with van der Waals surface area (Å²) in [6, 6.07) is 4.00. The van der Waals surface area contributed by atoms with Gasteiger partial charge in [-0.05, 0) is 19.4 Å². The number of ether oxygens (including phenoxy) is 1. The van der Waals surface area contributed by atoms with E-state index in [-0.39, 0.29) is 23.6 Å². The quantitative estimate of drug-likeness (QED) is 0.464. The first kappa shape index (κ1) is 15.1. The lowest BCUT2D eigenvalue weighted by Gasteiger charge is -2.08. The number of aryl methyl sites for hydroxylation is 1. The van der Waals surface area contributed by atoms with Gasteiger partial charge in [-0.25, -0.2) is 4.98 Å². The van der Waals surface area contributed by atoms with E-state index in [2.05, 4.69) is 4.98 Å². The number of aromatic nitrogens is 1. The van der Waals surface area contributed by atoms with Crippen molar-refractivity contribution < 1.29 is 14.5 Å². The van der Waals surface area contributed by atoms with Gasteiger partial charge in [0.2, 0.25) is 0 Å². The molecule has 21 heavy (non-hydrogen) atoms. The molecule has 1 aromatic heterocycles. The Hall–Kier alpha value is -2.28. The molecule has 0 bridgehead atoms. The number of nitro benzene ring substituents is 1. The van der Waals surface area contributed by atoms with Gasteiger partial charge in [0.15, 0.2) is 5.78 Å². The monoisotopic (exact) mass is 306 g/mol. The predicted octanol–water partition coefficient (Wildman–Crippen LogP) is 3.40. The van der Waals surface area contributed by atoms with E-state index < -0.39 is 4.92 Å². The number of carbonyl (C=O) groups excluding carboxylic acids is 1. The smallest absolute Gasteiger partial charge is 0.270 e. The maximum absolute atomic E-state index is 11.6. The van der Waals surface area contributed by atoms with Gasteiger partial charge in [0.05, 0.1) is 21.2 Å². The third kappa shape index (κ3) is 3.63. The first-order valence-electron chi connectivity index (χ1n) is 6.36. The fourth-order valence-electron chi connectivity index (χ4n) is 1.76. The van der Waals surface area contributed by atoms with Crippen LogP contribution in [0.5, 0.6) is 5.75 Å². The number of thiazole rings is 1. The fourth-order valence-corrected chi connectivity index (χ4v) is 2.49. The van der Waals surface area contributed by atoms with Crippen LogP contribution in [0.1, 0.15) is 34.9 Å². The highest BCUT2D eigenvalue weighted by Gasteiger charge is 2.15. The third-order valence-electron chi connectivity index (χ3n) is 2.83. The Bertz CT molecular complexity index is 681. The molecule has 2 aromatic rings. The Morgan fingerprint density at radius 1 is 1.48 bits per heavy atom. The summed E-state index contributed by atoms with van der Waals surface area (Å²) in [5, 5.41) is 13.7. The summed E-state index contributed by atoms with van der Waals surface area (Å²) in [6.45, 7) is 3.60. The van der Waals surface area contributed by atoms with Crippen molar-refractivity contribution in [1.29, 1.82) is 0 Å². The number of carbonyl (C=O) groups is 1. The highest BCUT2D eigenvalue weighted by molar-refractivity contribution is 7.09. The zero-order valence-electron chi connectivity index (χ0n) is 11.7. The highest BCUT2D eigenvalue weighted by atomic mass is 32.1. The second-order valence-corrected chi connectivity index (χ2v) is 5.31. The summed E-state index contributed by atoms with van der Waals surface area (Å²) in [4.78, 5) is 26.2. The van der Waals surface area contributed by atoms with Crippen molar-refractivity contribution in [2.24, 2.45) is 0 Å². The fraction of sp³-hybridized carbons (Fsp3) is 0.286. The predicted molar refractivity (Wildman–Crippen MR) is 78.9 cm³/mol. The van der Waals surface area contributed by atoms with E-state index >= 15 is 0 Å². The van der Waals surface area contributed by atoms with Gasteiger partial charge < -0.3 is 4.74 Å². The molecular formula is C14H14N2O4S. The van der Waals surface area contributed by atoms with Crippen molar-refractivity contribution in [1.82, 2.24) is 4.98 Å². The molecule has 0 fully saturated rings. The molecule has 0 saturated heterocycles. The van der Waals surface area contributed by atoms with Crippen LogP contribution in [0.2, 0.25) is 0 Å². The maximum Gasteiger partial charge on any atom is 0.270 e. The van der Waals surface area contributed by atoms with Crippen LogP contribution in [0.15, 0.2) is 23.6 Å². The molecule has 0 unspecified atom stereocenters. The van der Waals surface area contributed by atoms with Gasteiger partial charge in [-0.3, -0.25) is 14.9 Å². The lowest BCUT2D eigenvalue weighted by Crippen LogP contribution is -2.03. The van der Waals surface area contributed by atoms with Gasteiger partial charge in [0, 0.05) is 17.5 Å². The number of benzene rings is 1. The Morgan fingerprint density at radius 3 is 2.81 bits per heavy atom. The van der Waals surface area contributed by atoms with Crippen molar-refractivity contribution in [2.45, 2.75) is 26.9 Å². The number of hydrogen-bond acceptors (Lipinski definition) is 6.